The van der Waals surface area contributed by atoms with Gasteiger partial charge in [-0.05, 0) is 19.2 Å². The van der Waals surface area contributed by atoms with Gasteiger partial charge in [-0.2, -0.15) is 0 Å². The topological polar surface area (TPSA) is 52.2 Å². The lowest BCUT2D eigenvalue weighted by Crippen LogP contribution is -2.43. The number of aromatic nitrogens is 2. The number of hydrogen-bond acceptors (Lipinski definition) is 5. The first-order valence-electron chi connectivity index (χ1n) is 6.75. The number of rotatable bonds is 3. The molecular formula is C14H18N4OS. The lowest BCUT2D eigenvalue weighted by Gasteiger charge is -2.32. The van der Waals surface area contributed by atoms with E-state index in [9.17, 15) is 4.79 Å². The van der Waals surface area contributed by atoms with Crippen molar-refractivity contribution < 1.29 is 0 Å². The van der Waals surface area contributed by atoms with Crippen LogP contribution in [-0.2, 0) is 6.54 Å². The number of likely N-dealkylation sites (N-methyl/N-ethyl adjacent to an activating group) is 1. The molecule has 1 saturated heterocycles. The normalized spacial score (nSPS) is 17.4. The highest BCUT2D eigenvalue weighted by Gasteiger charge is 2.17. The van der Waals surface area contributed by atoms with E-state index in [0.29, 0.717) is 0 Å². The van der Waals surface area contributed by atoms with Gasteiger partial charge in [0.2, 0.25) is 0 Å². The van der Waals surface area contributed by atoms with Gasteiger partial charge >= 0.3 is 4.87 Å². The quantitative estimate of drug-likeness (QED) is 0.924. The van der Waals surface area contributed by atoms with Crippen molar-refractivity contribution in [3.05, 3.63) is 39.1 Å². The molecule has 1 fully saturated rings. The van der Waals surface area contributed by atoms with Crippen molar-refractivity contribution >= 4 is 11.3 Å². The predicted molar refractivity (Wildman–Crippen MR) is 80.9 cm³/mol. The summed E-state index contributed by atoms with van der Waals surface area (Å²) in [5.74, 6) is 0. The van der Waals surface area contributed by atoms with Crippen LogP contribution in [0.4, 0.5) is 0 Å². The van der Waals surface area contributed by atoms with Gasteiger partial charge in [0.1, 0.15) is 0 Å². The largest absolute Gasteiger partial charge is 0.312 e. The Morgan fingerprint density at radius 3 is 2.65 bits per heavy atom. The third-order valence-corrected chi connectivity index (χ3v) is 4.52. The number of nitrogens with one attached hydrogen (secondary N) is 1. The fourth-order valence-electron chi connectivity index (χ4n) is 2.43. The molecule has 1 aliphatic rings. The molecule has 1 N–H and O–H groups in total. The number of nitrogens with zero attached hydrogens (tertiary/aromatic N) is 3. The molecule has 0 saturated carbocycles. The summed E-state index contributed by atoms with van der Waals surface area (Å²) in [7, 11) is 2.15. The van der Waals surface area contributed by atoms with E-state index < -0.39 is 0 Å². The molecule has 6 heteroatoms. The first-order valence-corrected chi connectivity index (χ1v) is 7.57. The van der Waals surface area contributed by atoms with Crippen LogP contribution in [0.1, 0.15) is 4.88 Å². The molecule has 0 spiro atoms. The second-order valence-electron chi connectivity index (χ2n) is 5.13. The second kappa shape index (κ2) is 5.87. The monoisotopic (exact) mass is 290 g/mol. The van der Waals surface area contributed by atoms with Crippen LogP contribution in [0.3, 0.4) is 0 Å². The number of aromatic amines is 1. The molecule has 0 atom stereocenters. The van der Waals surface area contributed by atoms with Crippen molar-refractivity contribution in [2.75, 3.05) is 33.2 Å². The molecule has 0 aromatic carbocycles. The van der Waals surface area contributed by atoms with Gasteiger partial charge in [-0.3, -0.25) is 14.7 Å². The zero-order chi connectivity index (χ0) is 13.9. The van der Waals surface area contributed by atoms with Crippen LogP contribution in [0.25, 0.3) is 11.3 Å². The molecule has 0 bridgehead atoms. The Hall–Kier alpha value is -1.50. The summed E-state index contributed by atoms with van der Waals surface area (Å²) >= 11 is 1.32. The number of H-pyrrole nitrogens is 1. The Bertz CT molecular complexity index is 614. The van der Waals surface area contributed by atoms with Crippen LogP contribution in [0.15, 0.2) is 29.3 Å². The average molecular weight is 290 g/mol. The van der Waals surface area contributed by atoms with E-state index in [1.807, 2.05) is 12.1 Å². The lowest BCUT2D eigenvalue weighted by atomic mass is 10.1. The third kappa shape index (κ3) is 2.98. The maximum Gasteiger partial charge on any atom is 0.305 e. The fourth-order valence-corrected chi connectivity index (χ4v) is 3.33. The smallest absolute Gasteiger partial charge is 0.305 e. The van der Waals surface area contributed by atoms with Gasteiger partial charge in [-0.1, -0.05) is 11.3 Å². The molecule has 3 heterocycles. The number of hydrogen-bond donors (Lipinski definition) is 1. The Morgan fingerprint density at radius 2 is 1.95 bits per heavy atom. The molecule has 3 rings (SSSR count). The summed E-state index contributed by atoms with van der Waals surface area (Å²) in [5, 5.41) is 0. The molecule has 2 aromatic rings. The molecule has 0 amide bonds. The highest BCUT2D eigenvalue weighted by atomic mass is 32.1. The summed E-state index contributed by atoms with van der Waals surface area (Å²) in [6.45, 7) is 5.12. The van der Waals surface area contributed by atoms with Crippen LogP contribution >= 0.6 is 11.3 Å². The van der Waals surface area contributed by atoms with Crippen LogP contribution in [0, 0.1) is 0 Å². The third-order valence-electron chi connectivity index (χ3n) is 3.65. The maximum absolute atomic E-state index is 11.7. The first kappa shape index (κ1) is 13.5. The Kier molecular flexibility index (Phi) is 3.95. The lowest BCUT2D eigenvalue weighted by molar-refractivity contribution is 0.149. The second-order valence-corrected chi connectivity index (χ2v) is 6.20. The van der Waals surface area contributed by atoms with Gasteiger partial charge in [-0.25, -0.2) is 0 Å². The summed E-state index contributed by atoms with van der Waals surface area (Å²) in [4.78, 5) is 24.6. The zero-order valence-corrected chi connectivity index (χ0v) is 12.3. The van der Waals surface area contributed by atoms with Crippen molar-refractivity contribution in [1.29, 1.82) is 0 Å². The van der Waals surface area contributed by atoms with Gasteiger partial charge in [0.05, 0.1) is 5.69 Å². The van der Waals surface area contributed by atoms with Crippen molar-refractivity contribution in [2.45, 2.75) is 6.54 Å². The minimum absolute atomic E-state index is 0.0148. The highest BCUT2D eigenvalue weighted by molar-refractivity contribution is 7.09. The van der Waals surface area contributed by atoms with E-state index >= 15 is 0 Å². The van der Waals surface area contributed by atoms with Crippen LogP contribution in [0.2, 0.25) is 0 Å². The summed E-state index contributed by atoms with van der Waals surface area (Å²) in [6.07, 6.45) is 3.51. The molecule has 20 heavy (non-hydrogen) atoms. The molecule has 0 aliphatic carbocycles. The number of pyridine rings is 1. The molecule has 5 nitrogen and oxygen atoms in total. The Morgan fingerprint density at radius 1 is 1.25 bits per heavy atom. The first-order chi connectivity index (χ1) is 9.72. The fraction of sp³-hybridized carbons (Fsp3) is 0.429. The van der Waals surface area contributed by atoms with Crippen molar-refractivity contribution in [3.63, 3.8) is 0 Å². The maximum atomic E-state index is 11.7. The zero-order valence-electron chi connectivity index (χ0n) is 11.5. The van der Waals surface area contributed by atoms with E-state index in [-0.39, 0.29) is 4.87 Å². The summed E-state index contributed by atoms with van der Waals surface area (Å²) in [5.41, 5.74) is 1.98. The minimum Gasteiger partial charge on any atom is -0.312 e. The molecule has 1 aliphatic heterocycles. The Balaban J connectivity index is 1.82. The van der Waals surface area contributed by atoms with Crippen LogP contribution < -0.4 is 4.87 Å². The van der Waals surface area contributed by atoms with Gasteiger partial charge in [0.15, 0.2) is 0 Å². The standard InChI is InChI=1S/C14H18N4OS/c1-17-6-8-18(9-7-17)10-12-13(16-14(19)20-12)11-2-4-15-5-3-11/h2-5H,6-10H2,1H3,(H,16,19). The van der Waals surface area contributed by atoms with E-state index in [4.69, 9.17) is 0 Å². The van der Waals surface area contributed by atoms with Gasteiger partial charge < -0.3 is 9.88 Å². The molecule has 2 aromatic heterocycles. The van der Waals surface area contributed by atoms with E-state index in [0.717, 1.165) is 48.9 Å². The number of thiazole rings is 1. The molecule has 106 valence electrons. The van der Waals surface area contributed by atoms with Crippen LogP contribution in [-0.4, -0.2) is 53.0 Å². The van der Waals surface area contributed by atoms with E-state index in [1.54, 1.807) is 12.4 Å². The Labute approximate surface area is 121 Å². The highest BCUT2D eigenvalue weighted by Crippen LogP contribution is 2.24. The van der Waals surface area contributed by atoms with Gasteiger partial charge in [-0.15, -0.1) is 0 Å². The summed E-state index contributed by atoms with van der Waals surface area (Å²) in [6, 6.07) is 3.87. The van der Waals surface area contributed by atoms with Crippen molar-refractivity contribution in [2.24, 2.45) is 0 Å². The summed E-state index contributed by atoms with van der Waals surface area (Å²) < 4.78 is 0. The van der Waals surface area contributed by atoms with Crippen molar-refractivity contribution in [1.82, 2.24) is 19.8 Å². The molecule has 0 radical (unpaired) electrons. The van der Waals surface area contributed by atoms with E-state index in [1.165, 1.54) is 11.3 Å². The molecular weight excluding hydrogens is 272 g/mol. The van der Waals surface area contributed by atoms with Crippen LogP contribution in [0.5, 0.6) is 0 Å². The number of piperazine rings is 1. The minimum atomic E-state index is 0.0148. The molecule has 0 unspecified atom stereocenters. The SMILES string of the molecule is CN1CCN(Cc2sc(=O)[nH]c2-c2ccncc2)CC1. The van der Waals surface area contributed by atoms with Gasteiger partial charge in [0, 0.05) is 55.6 Å². The average Bonchev–Trinajstić information content (AvgIpc) is 2.83. The van der Waals surface area contributed by atoms with E-state index in [2.05, 4.69) is 26.8 Å². The van der Waals surface area contributed by atoms with Gasteiger partial charge in [0.25, 0.3) is 0 Å². The predicted octanol–water partition coefficient (Wildman–Crippen LogP) is 1.25. The van der Waals surface area contributed by atoms with Crippen molar-refractivity contribution in [3.8, 4) is 11.3 Å².